The Balaban J connectivity index is 0.000000255. The smallest absolute Gasteiger partial charge is 1.00 e. The largest absolute Gasteiger partial charge is 1.00 e. The number of aromatic hydroxyl groups is 1. The molecule has 4 aromatic heterocycles. The van der Waals surface area contributed by atoms with Gasteiger partial charge in [-0.1, -0.05) is 85.4 Å². The molecule has 0 saturated heterocycles. The average molecular weight is 1390 g/mol. The van der Waals surface area contributed by atoms with Crippen LogP contribution in [0.5, 0.6) is 40.2 Å². The van der Waals surface area contributed by atoms with Crippen molar-refractivity contribution in [3.8, 4) is 83.9 Å². The van der Waals surface area contributed by atoms with Gasteiger partial charge >= 0.3 is 103 Å². The molecule has 0 unspecified atom stereocenters. The number of phenols is 1. The molecule has 1 N–H and O–H groups in total. The van der Waals surface area contributed by atoms with E-state index in [-0.39, 0.29) is 140 Å². The molecule has 8 aromatic carbocycles. The third kappa shape index (κ3) is 19.6. The number of fused-ring (bicyclic) bond motifs is 2. The first-order valence-electron chi connectivity index (χ1n) is 26.7. The van der Waals surface area contributed by atoms with Crippen molar-refractivity contribution >= 4 is 81.4 Å². The summed E-state index contributed by atoms with van der Waals surface area (Å²) in [5, 5.41) is 19.5. The summed E-state index contributed by atoms with van der Waals surface area (Å²) < 4.78 is 36.5. The molecule has 12 rings (SSSR count). The first-order valence-corrected chi connectivity index (χ1v) is 29.9. The fraction of sp³-hybridized carbons (Fsp3) is 0.129. The van der Waals surface area contributed by atoms with Crippen molar-refractivity contribution in [1.82, 2.24) is 19.9 Å². The summed E-state index contributed by atoms with van der Waals surface area (Å²) in [6.45, 7) is 12.5. The number of pyridine rings is 2. The van der Waals surface area contributed by atoms with Gasteiger partial charge in [0, 0.05) is 34.6 Å². The zero-order valence-electron chi connectivity index (χ0n) is 50.0. The topological polar surface area (TPSA) is 149 Å². The summed E-state index contributed by atoms with van der Waals surface area (Å²) in [6.07, 6.45) is 3.55. The third-order valence-electron chi connectivity index (χ3n) is 12.9. The predicted octanol–water partition coefficient (Wildman–Crippen LogP) is 14.3. The van der Waals surface area contributed by atoms with E-state index in [1.807, 2.05) is 172 Å². The molecule has 438 valence electrons. The minimum atomic E-state index is -0.325. The molecule has 0 aliphatic carbocycles. The van der Waals surface area contributed by atoms with E-state index in [1.165, 1.54) is 4.70 Å². The zero-order valence-corrected chi connectivity index (χ0v) is 60.0. The molecule has 4 heterocycles. The normalized spacial score (nSPS) is 10.7. The van der Waals surface area contributed by atoms with E-state index in [4.69, 9.17) is 34.4 Å². The van der Waals surface area contributed by atoms with Gasteiger partial charge in [-0.3, -0.25) is 14.8 Å². The van der Waals surface area contributed by atoms with Crippen LogP contribution in [0.4, 0.5) is 4.39 Å². The van der Waals surface area contributed by atoms with E-state index in [0.29, 0.717) is 27.5 Å². The van der Waals surface area contributed by atoms with Crippen LogP contribution >= 0.6 is 54.5 Å². The van der Waals surface area contributed by atoms with Gasteiger partial charge in [0.25, 0.3) is 6.47 Å². The van der Waals surface area contributed by atoms with Crippen LogP contribution in [-0.4, -0.2) is 31.5 Å². The maximum atomic E-state index is 14.3. The van der Waals surface area contributed by atoms with Crippen LogP contribution < -0.4 is 122 Å². The Bertz CT molecular complexity index is 4120. The number of halogens is 3. The summed E-state index contributed by atoms with van der Waals surface area (Å²) in [6, 6.07) is 66.3. The second kappa shape index (κ2) is 33.6. The molecule has 0 saturated carbocycles. The van der Waals surface area contributed by atoms with Gasteiger partial charge in [0.1, 0.15) is 60.6 Å². The van der Waals surface area contributed by atoms with Crippen LogP contribution in [0.15, 0.2) is 228 Å². The maximum absolute atomic E-state index is 14.3. The van der Waals surface area contributed by atoms with Gasteiger partial charge in [-0.05, 0) is 224 Å². The van der Waals surface area contributed by atoms with Crippen molar-refractivity contribution in [2.75, 3.05) is 0 Å². The number of nitrogens with zero attached hydrogens (tertiary/aromatic N) is 4. The first kappa shape index (κ1) is 71.7. The van der Waals surface area contributed by atoms with Crippen molar-refractivity contribution in [1.29, 1.82) is 0 Å². The summed E-state index contributed by atoms with van der Waals surface area (Å²) in [7, 11) is 0. The number of thiazole rings is 2. The van der Waals surface area contributed by atoms with Crippen molar-refractivity contribution < 1.29 is 143 Å². The quantitative estimate of drug-likeness (QED) is 0.0571. The second-order valence-corrected chi connectivity index (χ2v) is 24.7. The molecule has 0 fully saturated rings. The molecule has 11 nitrogen and oxygen atoms in total. The molecular formula is C70H61Br2FK2N4O7S2. The number of para-hydroxylation sites is 2. The van der Waals surface area contributed by atoms with Crippen LogP contribution in [0.2, 0.25) is 0 Å². The summed E-state index contributed by atoms with van der Waals surface area (Å²) >= 11 is 10.4. The predicted molar refractivity (Wildman–Crippen MR) is 352 cm³/mol. The Hall–Kier alpha value is -5.37. The van der Waals surface area contributed by atoms with E-state index in [1.54, 1.807) is 53.3 Å². The van der Waals surface area contributed by atoms with Crippen molar-refractivity contribution in [2.45, 2.75) is 59.8 Å². The number of rotatable bonds is 11. The van der Waals surface area contributed by atoms with Gasteiger partial charge in [-0.2, -0.15) is 0 Å². The minimum Gasteiger partial charge on any atom is -1.00 e. The number of hydrogen-bond donors (Lipinski definition) is 1. The van der Waals surface area contributed by atoms with Crippen LogP contribution in [0.3, 0.4) is 0 Å². The van der Waals surface area contributed by atoms with Crippen LogP contribution in [0.25, 0.3) is 64.1 Å². The van der Waals surface area contributed by atoms with Gasteiger partial charge in [0.2, 0.25) is 0 Å². The molecule has 0 aliphatic heterocycles. The standard InChI is InChI=1S/C34H27BrN2O2S.C23H19BrFNOS.C11H9NO.CH2O3.CH4.2K.H/c1-34(2,3)24-20-29(38-25-15-11-22(12-16-25)27-8-6-7-19-36-27)32(35)30(21-24)39-26-17-13-23(14-18-26)33-37-28-9-4-5-10-31(28)40-33;1-23(2,3)15-12-17(25)21(24)19(13-15)27-16-10-8-14(9-11-16)22-26-18-6-4-5-7-20(18)28-22;13-10-6-4-9(5-7-10)11-3-1-2-8-12-11;2-1-4-3;;;;/h4-21H,1-3H3;4-13H,1-3H3;1-8,13H;1,3H;1H4;;;/q;;;;;2*+1;-1/p-1. The van der Waals surface area contributed by atoms with Gasteiger partial charge in [0.05, 0.1) is 36.3 Å². The molecule has 88 heavy (non-hydrogen) atoms. The third-order valence-corrected chi connectivity index (χ3v) is 16.6. The Morgan fingerprint density at radius 1 is 0.500 bits per heavy atom. The molecule has 0 spiro atoms. The average Bonchev–Trinajstić information content (AvgIpc) is 4.16. The van der Waals surface area contributed by atoms with Gasteiger partial charge in [0.15, 0.2) is 0 Å². The summed E-state index contributed by atoms with van der Waals surface area (Å²) in [4.78, 5) is 29.3. The van der Waals surface area contributed by atoms with E-state index < -0.39 is 0 Å². The maximum Gasteiger partial charge on any atom is 1.00 e. The Kier molecular flexibility index (Phi) is 27.4. The van der Waals surface area contributed by atoms with E-state index in [2.05, 4.69) is 109 Å². The Labute approximate surface area is 624 Å². The number of hydrogen-bond acceptors (Lipinski definition) is 13. The summed E-state index contributed by atoms with van der Waals surface area (Å²) in [5.74, 6) is 3.93. The number of carbonyl (C=O) groups excluding carboxylic acids is 1. The van der Waals surface area contributed by atoms with Gasteiger partial charge < -0.3 is 30.9 Å². The summed E-state index contributed by atoms with van der Waals surface area (Å²) in [5.41, 5.74) is 9.73. The van der Waals surface area contributed by atoms with E-state index in [9.17, 15) is 4.39 Å². The fourth-order valence-electron chi connectivity index (χ4n) is 8.32. The zero-order chi connectivity index (χ0) is 60.1. The molecule has 12 aromatic rings. The minimum absolute atomic E-state index is 0. The van der Waals surface area contributed by atoms with Crippen LogP contribution in [0, 0.1) is 5.82 Å². The molecule has 0 bridgehead atoms. The monoisotopic (exact) mass is 1390 g/mol. The number of phenolic OH excluding ortho intramolecular Hbond substituents is 1. The molecule has 0 aliphatic rings. The molecule has 0 radical (unpaired) electrons. The Morgan fingerprint density at radius 3 is 1.19 bits per heavy atom. The van der Waals surface area contributed by atoms with Crippen molar-refractivity contribution in [3.05, 3.63) is 245 Å². The van der Waals surface area contributed by atoms with Gasteiger partial charge in [-0.15, -0.1) is 22.7 Å². The van der Waals surface area contributed by atoms with Crippen LogP contribution in [-0.2, 0) is 20.5 Å². The fourth-order valence-corrected chi connectivity index (χ4v) is 11.0. The second-order valence-electron chi connectivity index (χ2n) is 21.1. The molecule has 0 amide bonds. The van der Waals surface area contributed by atoms with Gasteiger partial charge in [-0.25, -0.2) is 14.4 Å². The molecule has 18 heteroatoms. The number of aromatic nitrogens is 4. The number of ether oxygens (including phenoxy) is 3. The van der Waals surface area contributed by atoms with E-state index >= 15 is 0 Å². The van der Waals surface area contributed by atoms with E-state index in [0.717, 1.165) is 86.5 Å². The SMILES string of the molecule is C.CC(C)(C)c1cc(F)c(Br)c(Oc2ccc(-c3nc4ccccc4s3)cc2)c1.CC(C)(C)c1cc(Oc2ccc(-c3ccccn3)cc2)c(Br)c(Oc2ccc(-c3nc4ccccc4s3)cc2)c1.O=CO[O-].Oc1ccc(-c2ccccn2)cc1.[H-].[K+].[K+]. The van der Waals surface area contributed by atoms with Crippen LogP contribution in [0.1, 0.15) is 61.5 Å². The molecule has 0 atom stereocenters. The van der Waals surface area contributed by atoms with Crippen molar-refractivity contribution in [2.24, 2.45) is 0 Å². The number of benzene rings is 8. The molecular weight excluding hydrogens is 1330 g/mol. The Morgan fingerprint density at radius 2 is 0.841 bits per heavy atom. The first-order chi connectivity index (χ1) is 40.9. The van der Waals surface area contributed by atoms with Crippen molar-refractivity contribution in [3.63, 3.8) is 0 Å². The number of carbonyl (C=O) groups is 1.